The summed E-state index contributed by atoms with van der Waals surface area (Å²) in [4.78, 5) is 7.37. The van der Waals surface area contributed by atoms with Gasteiger partial charge >= 0.3 is 0 Å². The normalized spacial score (nSPS) is 16.2. The Morgan fingerprint density at radius 2 is 1.92 bits per heavy atom. The van der Waals surface area contributed by atoms with Gasteiger partial charge in [-0.05, 0) is 36.4 Å². The number of amidine groups is 1. The summed E-state index contributed by atoms with van der Waals surface area (Å²) in [5.41, 5.74) is 3.63. The molecular weight excluding hydrogens is 451 g/mol. The Kier molecular flexibility index (Phi) is 7.44. The first kappa shape index (κ1) is 19.6. The average Bonchev–Trinajstić information content (AvgIpc) is 2.59. The topological polar surface area (TPSA) is 15.6 Å². The van der Waals surface area contributed by atoms with Crippen molar-refractivity contribution in [1.82, 2.24) is 0 Å². The van der Waals surface area contributed by atoms with Gasteiger partial charge in [-0.15, -0.1) is 24.0 Å². The van der Waals surface area contributed by atoms with Gasteiger partial charge in [-0.3, -0.25) is 0 Å². The van der Waals surface area contributed by atoms with Crippen LogP contribution in [-0.4, -0.2) is 18.0 Å². The fourth-order valence-electron chi connectivity index (χ4n) is 2.93. The Hall–Kier alpha value is -0.720. The number of halogens is 2. The average molecular weight is 473 g/mol. The molecule has 1 heterocycles. The second-order valence-corrected chi connectivity index (χ2v) is 6.85. The third-order valence-corrected chi connectivity index (χ3v) is 5.00. The lowest BCUT2D eigenvalue weighted by molar-refractivity contribution is 0.769. The van der Waals surface area contributed by atoms with Gasteiger partial charge in [0.2, 0.25) is 0 Å². The number of rotatable bonds is 4. The van der Waals surface area contributed by atoms with Crippen molar-refractivity contribution >= 4 is 58.2 Å². The van der Waals surface area contributed by atoms with Crippen molar-refractivity contribution in [1.29, 1.82) is 0 Å². The number of thioether (sulfide) groups is 1. The second-order valence-electron chi connectivity index (χ2n) is 5.64. The van der Waals surface area contributed by atoms with Crippen LogP contribution in [0, 0.1) is 0 Å². The van der Waals surface area contributed by atoms with Crippen LogP contribution in [0.1, 0.15) is 36.9 Å². The molecule has 128 valence electrons. The summed E-state index contributed by atoms with van der Waals surface area (Å²) >= 11 is 7.99. The zero-order valence-electron chi connectivity index (χ0n) is 13.9. The standard InChI is InChI=1S/C19H21ClN2S.HI/c1-3-4-12-22-17-11-10-15(20)13-16(17)18(21-19(22)23-2)14-8-6-5-7-9-14;/h5-11,13,18H,3-4,12H2,1-2H3;1H. The van der Waals surface area contributed by atoms with Crippen LogP contribution in [-0.2, 0) is 0 Å². The van der Waals surface area contributed by atoms with Crippen LogP contribution >= 0.6 is 47.3 Å². The van der Waals surface area contributed by atoms with Crippen molar-refractivity contribution in [2.45, 2.75) is 25.8 Å². The van der Waals surface area contributed by atoms with Gasteiger partial charge in [0, 0.05) is 22.8 Å². The van der Waals surface area contributed by atoms with Gasteiger partial charge in [0.15, 0.2) is 5.17 Å². The van der Waals surface area contributed by atoms with Crippen molar-refractivity contribution in [3.05, 3.63) is 64.7 Å². The maximum Gasteiger partial charge on any atom is 0.164 e. The molecule has 24 heavy (non-hydrogen) atoms. The van der Waals surface area contributed by atoms with E-state index >= 15 is 0 Å². The van der Waals surface area contributed by atoms with Gasteiger partial charge in [-0.2, -0.15) is 0 Å². The molecule has 1 aliphatic heterocycles. The molecule has 0 radical (unpaired) electrons. The highest BCUT2D eigenvalue weighted by Gasteiger charge is 2.28. The molecule has 0 aromatic heterocycles. The van der Waals surface area contributed by atoms with Crippen LogP contribution in [0.4, 0.5) is 5.69 Å². The zero-order valence-corrected chi connectivity index (χ0v) is 17.8. The van der Waals surface area contributed by atoms with Crippen molar-refractivity contribution < 1.29 is 0 Å². The highest BCUT2D eigenvalue weighted by Crippen LogP contribution is 2.40. The van der Waals surface area contributed by atoms with Gasteiger partial charge in [0.05, 0.1) is 0 Å². The first-order valence-electron chi connectivity index (χ1n) is 7.98. The van der Waals surface area contributed by atoms with E-state index in [1.807, 2.05) is 12.1 Å². The maximum absolute atomic E-state index is 6.28. The van der Waals surface area contributed by atoms with E-state index in [2.05, 4.69) is 54.5 Å². The Balaban J connectivity index is 0.00000208. The molecule has 5 heteroatoms. The fourth-order valence-corrected chi connectivity index (χ4v) is 3.73. The van der Waals surface area contributed by atoms with Crippen LogP contribution in [0.15, 0.2) is 53.5 Å². The molecule has 1 aliphatic rings. The number of fused-ring (bicyclic) bond motifs is 1. The number of anilines is 1. The molecule has 0 aliphatic carbocycles. The van der Waals surface area contributed by atoms with Crippen molar-refractivity contribution in [3.63, 3.8) is 0 Å². The van der Waals surface area contributed by atoms with E-state index in [-0.39, 0.29) is 30.0 Å². The molecule has 0 amide bonds. The Morgan fingerprint density at radius 1 is 1.17 bits per heavy atom. The van der Waals surface area contributed by atoms with Crippen LogP contribution in [0.5, 0.6) is 0 Å². The van der Waals surface area contributed by atoms with Crippen LogP contribution in [0.3, 0.4) is 0 Å². The highest BCUT2D eigenvalue weighted by atomic mass is 127. The Bertz CT molecular complexity index is 706. The summed E-state index contributed by atoms with van der Waals surface area (Å²) in [6.45, 7) is 3.21. The second kappa shape index (κ2) is 9.11. The molecule has 0 N–H and O–H groups in total. The molecular formula is C19H22ClIN2S. The summed E-state index contributed by atoms with van der Waals surface area (Å²) in [6, 6.07) is 16.6. The molecule has 0 saturated carbocycles. The molecule has 0 bridgehead atoms. The lowest BCUT2D eigenvalue weighted by Crippen LogP contribution is -2.34. The Labute approximate surface area is 170 Å². The number of hydrogen-bond acceptors (Lipinski definition) is 3. The third kappa shape index (κ3) is 4.09. The van der Waals surface area contributed by atoms with Gasteiger partial charge < -0.3 is 4.90 Å². The molecule has 0 saturated heterocycles. The molecule has 0 fully saturated rings. The minimum atomic E-state index is 0. The summed E-state index contributed by atoms with van der Waals surface area (Å²) in [7, 11) is 0. The molecule has 0 spiro atoms. The number of aliphatic imine (C=N–C) groups is 1. The van der Waals surface area contributed by atoms with E-state index in [1.165, 1.54) is 23.2 Å². The minimum Gasteiger partial charge on any atom is -0.321 e. The predicted molar refractivity (Wildman–Crippen MR) is 118 cm³/mol. The molecule has 1 atom stereocenters. The molecule has 3 rings (SSSR count). The lowest BCUT2D eigenvalue weighted by Gasteiger charge is -2.34. The highest BCUT2D eigenvalue weighted by molar-refractivity contribution is 14.0. The molecule has 1 unspecified atom stereocenters. The first-order chi connectivity index (χ1) is 11.2. The Morgan fingerprint density at radius 3 is 2.58 bits per heavy atom. The monoisotopic (exact) mass is 472 g/mol. The smallest absolute Gasteiger partial charge is 0.164 e. The van der Waals surface area contributed by atoms with Crippen LogP contribution < -0.4 is 4.90 Å². The van der Waals surface area contributed by atoms with E-state index in [4.69, 9.17) is 16.6 Å². The van der Waals surface area contributed by atoms with Crippen LogP contribution in [0.2, 0.25) is 5.02 Å². The van der Waals surface area contributed by atoms with Gasteiger partial charge in [0.25, 0.3) is 0 Å². The minimum absolute atomic E-state index is 0. The number of benzene rings is 2. The van der Waals surface area contributed by atoms with E-state index < -0.39 is 0 Å². The quantitative estimate of drug-likeness (QED) is 0.479. The molecule has 2 nitrogen and oxygen atoms in total. The van der Waals surface area contributed by atoms with Crippen molar-refractivity contribution in [2.75, 3.05) is 17.7 Å². The van der Waals surface area contributed by atoms with E-state index in [9.17, 15) is 0 Å². The fraction of sp³-hybridized carbons (Fsp3) is 0.316. The van der Waals surface area contributed by atoms with Gasteiger partial charge in [-0.25, -0.2) is 4.99 Å². The van der Waals surface area contributed by atoms with E-state index in [0.717, 1.165) is 23.2 Å². The first-order valence-corrected chi connectivity index (χ1v) is 9.58. The van der Waals surface area contributed by atoms with Crippen LogP contribution in [0.25, 0.3) is 0 Å². The summed E-state index contributed by atoms with van der Waals surface area (Å²) in [5, 5.41) is 1.85. The van der Waals surface area contributed by atoms with Crippen molar-refractivity contribution in [3.8, 4) is 0 Å². The van der Waals surface area contributed by atoms with E-state index in [1.54, 1.807) is 11.8 Å². The summed E-state index contributed by atoms with van der Waals surface area (Å²) in [5.74, 6) is 0. The number of nitrogens with zero attached hydrogens (tertiary/aromatic N) is 2. The maximum atomic E-state index is 6.28. The van der Waals surface area contributed by atoms with Gasteiger partial charge in [-0.1, -0.05) is 67.0 Å². The van der Waals surface area contributed by atoms with E-state index in [0.29, 0.717) is 0 Å². The predicted octanol–water partition coefficient (Wildman–Crippen LogP) is 6.39. The summed E-state index contributed by atoms with van der Waals surface area (Å²) < 4.78 is 0. The lowest BCUT2D eigenvalue weighted by atomic mass is 9.96. The SMILES string of the molecule is CCCCN1C(SC)=NC(c2ccccc2)c2cc(Cl)ccc21.I. The molecule has 2 aromatic carbocycles. The van der Waals surface area contributed by atoms with Crippen molar-refractivity contribution in [2.24, 2.45) is 4.99 Å². The number of hydrogen-bond donors (Lipinski definition) is 0. The number of unbranched alkanes of at least 4 members (excludes halogenated alkanes) is 1. The van der Waals surface area contributed by atoms with Gasteiger partial charge in [0.1, 0.15) is 6.04 Å². The zero-order chi connectivity index (χ0) is 16.2. The summed E-state index contributed by atoms with van der Waals surface area (Å²) in [6.07, 6.45) is 4.42. The molecule has 2 aromatic rings. The largest absolute Gasteiger partial charge is 0.321 e. The third-order valence-electron chi connectivity index (χ3n) is 4.08.